The molecule has 0 radical (unpaired) electrons. The molecule has 1 fully saturated rings. The van der Waals surface area contributed by atoms with Gasteiger partial charge in [-0.25, -0.2) is 4.79 Å². The van der Waals surface area contributed by atoms with Crippen LogP contribution in [0.4, 0.5) is 4.79 Å². The molecular formula is C16H19NO2. The van der Waals surface area contributed by atoms with E-state index in [0.29, 0.717) is 12.3 Å². The summed E-state index contributed by atoms with van der Waals surface area (Å²) in [6, 6.07) is 9.94. The number of carbonyl (C=O) groups is 1. The first-order valence-corrected chi connectivity index (χ1v) is 6.61. The largest absolute Gasteiger partial charge is 0.416 e. The Morgan fingerprint density at radius 1 is 1.26 bits per heavy atom. The Balaban J connectivity index is 2.37. The number of amides is 1. The molecule has 0 atom stereocenters. The van der Waals surface area contributed by atoms with Crippen molar-refractivity contribution in [2.45, 2.75) is 38.8 Å². The van der Waals surface area contributed by atoms with E-state index in [1.165, 1.54) is 0 Å². The van der Waals surface area contributed by atoms with Crippen molar-refractivity contribution in [1.82, 2.24) is 4.90 Å². The second-order valence-corrected chi connectivity index (χ2v) is 4.68. The van der Waals surface area contributed by atoms with E-state index in [-0.39, 0.29) is 6.09 Å². The zero-order valence-corrected chi connectivity index (χ0v) is 11.5. The highest BCUT2D eigenvalue weighted by atomic mass is 16.6. The number of cyclic esters (lactones) is 1. The summed E-state index contributed by atoms with van der Waals surface area (Å²) in [5.74, 6) is 0.554. The zero-order valence-electron chi connectivity index (χ0n) is 11.5. The summed E-state index contributed by atoms with van der Waals surface area (Å²) in [7, 11) is 0. The Labute approximate surface area is 114 Å². The lowest BCUT2D eigenvalue weighted by Gasteiger charge is -2.33. The number of nitrogens with zero attached hydrogens (tertiary/aromatic N) is 1. The quantitative estimate of drug-likeness (QED) is 0.766. The monoisotopic (exact) mass is 257 g/mol. The number of carbonyl (C=O) groups excluding carboxylic acids is 1. The van der Waals surface area contributed by atoms with Crippen molar-refractivity contribution < 1.29 is 9.53 Å². The molecule has 2 rings (SSSR count). The highest BCUT2D eigenvalue weighted by Gasteiger charge is 2.49. The van der Waals surface area contributed by atoms with Gasteiger partial charge in [0, 0.05) is 0 Å². The third-order valence-electron chi connectivity index (χ3n) is 3.86. The van der Waals surface area contributed by atoms with Crippen molar-refractivity contribution >= 4 is 6.09 Å². The van der Waals surface area contributed by atoms with Crippen molar-refractivity contribution in [3.05, 3.63) is 54.0 Å². The summed E-state index contributed by atoms with van der Waals surface area (Å²) in [4.78, 5) is 13.9. The number of hydrogen-bond donors (Lipinski definition) is 0. The molecule has 0 N–H and O–H groups in total. The molecule has 1 aliphatic rings. The van der Waals surface area contributed by atoms with Gasteiger partial charge in [0.1, 0.15) is 5.54 Å². The maximum Gasteiger partial charge on any atom is 0.416 e. The van der Waals surface area contributed by atoms with E-state index >= 15 is 0 Å². The molecular weight excluding hydrogens is 238 g/mol. The van der Waals surface area contributed by atoms with E-state index in [1.807, 2.05) is 30.3 Å². The summed E-state index contributed by atoms with van der Waals surface area (Å²) in [5, 5.41) is 0. The second-order valence-electron chi connectivity index (χ2n) is 4.68. The van der Waals surface area contributed by atoms with E-state index in [2.05, 4.69) is 26.2 Å². The summed E-state index contributed by atoms with van der Waals surface area (Å²) in [6.45, 7) is 8.30. The summed E-state index contributed by atoms with van der Waals surface area (Å²) < 4.78 is 5.32. The van der Waals surface area contributed by atoms with Gasteiger partial charge in [-0.1, -0.05) is 56.5 Å². The molecule has 1 aliphatic heterocycles. The van der Waals surface area contributed by atoms with Crippen LogP contribution in [0.2, 0.25) is 0 Å². The SMILES string of the molecule is C=C=C1OC(=O)N(Cc2ccccc2)C1(CC)CC. The molecule has 1 amide bonds. The zero-order chi connectivity index (χ0) is 13.9. The van der Waals surface area contributed by atoms with Crippen LogP contribution in [-0.2, 0) is 11.3 Å². The van der Waals surface area contributed by atoms with Crippen LogP contribution in [0.15, 0.2) is 48.4 Å². The molecule has 3 nitrogen and oxygen atoms in total. The lowest BCUT2D eigenvalue weighted by atomic mass is 9.89. The van der Waals surface area contributed by atoms with Gasteiger partial charge in [0.15, 0.2) is 5.76 Å². The fraction of sp³-hybridized carbons (Fsp3) is 0.375. The lowest BCUT2D eigenvalue weighted by molar-refractivity contribution is 0.141. The van der Waals surface area contributed by atoms with E-state index in [4.69, 9.17) is 4.74 Å². The number of rotatable bonds is 4. The molecule has 0 unspecified atom stereocenters. The first-order chi connectivity index (χ1) is 9.17. The summed E-state index contributed by atoms with van der Waals surface area (Å²) in [6.07, 6.45) is 1.28. The molecule has 0 spiro atoms. The van der Waals surface area contributed by atoms with Crippen molar-refractivity contribution in [3.63, 3.8) is 0 Å². The van der Waals surface area contributed by atoms with Crippen LogP contribution >= 0.6 is 0 Å². The van der Waals surface area contributed by atoms with Crippen molar-refractivity contribution in [1.29, 1.82) is 0 Å². The van der Waals surface area contributed by atoms with Crippen molar-refractivity contribution in [2.24, 2.45) is 0 Å². The highest BCUT2D eigenvalue weighted by molar-refractivity contribution is 5.74. The standard InChI is InChI=1S/C16H19NO2/c1-4-14-16(5-2,6-3)17(15(18)19-14)12-13-10-8-7-9-11-13/h7-11H,1,5-6,12H2,2-3H3. The third-order valence-corrected chi connectivity index (χ3v) is 3.86. The van der Waals surface area contributed by atoms with Gasteiger partial charge in [-0.05, 0) is 18.4 Å². The minimum Gasteiger partial charge on any atom is -0.404 e. The van der Waals surface area contributed by atoms with Crippen LogP contribution in [0.5, 0.6) is 0 Å². The van der Waals surface area contributed by atoms with E-state index in [1.54, 1.807) is 4.90 Å². The summed E-state index contributed by atoms with van der Waals surface area (Å²) >= 11 is 0. The average Bonchev–Trinajstić information content (AvgIpc) is 2.73. The van der Waals surface area contributed by atoms with Crippen LogP contribution in [-0.4, -0.2) is 16.5 Å². The van der Waals surface area contributed by atoms with Crippen molar-refractivity contribution in [3.8, 4) is 0 Å². The minimum absolute atomic E-state index is 0.307. The molecule has 3 heteroatoms. The van der Waals surface area contributed by atoms with E-state index in [0.717, 1.165) is 18.4 Å². The highest BCUT2D eigenvalue weighted by Crippen LogP contribution is 2.39. The van der Waals surface area contributed by atoms with Gasteiger partial charge in [0.05, 0.1) is 6.54 Å². The molecule has 1 aromatic rings. The fourth-order valence-corrected chi connectivity index (χ4v) is 2.67. The van der Waals surface area contributed by atoms with Gasteiger partial charge in [-0.3, -0.25) is 4.90 Å². The number of ether oxygens (including phenoxy) is 1. The van der Waals surface area contributed by atoms with Crippen LogP contribution < -0.4 is 0 Å². The van der Waals surface area contributed by atoms with E-state index in [9.17, 15) is 4.79 Å². The molecule has 0 aliphatic carbocycles. The molecule has 100 valence electrons. The Bertz CT molecular complexity index is 511. The van der Waals surface area contributed by atoms with Gasteiger partial charge in [0.2, 0.25) is 0 Å². The Morgan fingerprint density at radius 2 is 1.89 bits per heavy atom. The minimum atomic E-state index is -0.408. The van der Waals surface area contributed by atoms with Crippen LogP contribution in [0, 0.1) is 0 Å². The molecule has 0 bridgehead atoms. The molecule has 0 saturated carbocycles. The van der Waals surface area contributed by atoms with Gasteiger partial charge in [-0.15, -0.1) is 0 Å². The molecule has 0 aromatic heterocycles. The topological polar surface area (TPSA) is 29.5 Å². The van der Waals surface area contributed by atoms with Gasteiger partial charge >= 0.3 is 6.09 Å². The van der Waals surface area contributed by atoms with Gasteiger partial charge < -0.3 is 4.74 Å². The molecule has 1 aromatic carbocycles. The fourth-order valence-electron chi connectivity index (χ4n) is 2.67. The maximum atomic E-state index is 12.1. The third kappa shape index (κ3) is 2.18. The first-order valence-electron chi connectivity index (χ1n) is 6.61. The van der Waals surface area contributed by atoms with Crippen LogP contribution in [0.3, 0.4) is 0 Å². The summed E-state index contributed by atoms with van der Waals surface area (Å²) in [5.41, 5.74) is 3.47. The molecule has 1 saturated heterocycles. The maximum absolute atomic E-state index is 12.1. The normalized spacial score (nSPS) is 17.3. The molecule has 19 heavy (non-hydrogen) atoms. The number of benzene rings is 1. The predicted molar refractivity (Wildman–Crippen MR) is 74.4 cm³/mol. The van der Waals surface area contributed by atoms with Crippen LogP contribution in [0.1, 0.15) is 32.3 Å². The molecule has 1 heterocycles. The Morgan fingerprint density at radius 3 is 2.42 bits per heavy atom. The van der Waals surface area contributed by atoms with E-state index < -0.39 is 5.54 Å². The Kier molecular flexibility index (Phi) is 3.77. The average molecular weight is 257 g/mol. The van der Waals surface area contributed by atoms with Crippen LogP contribution in [0.25, 0.3) is 0 Å². The van der Waals surface area contributed by atoms with Gasteiger partial charge in [-0.2, -0.15) is 0 Å². The van der Waals surface area contributed by atoms with Crippen molar-refractivity contribution in [2.75, 3.05) is 0 Å². The van der Waals surface area contributed by atoms with Gasteiger partial charge in [0.25, 0.3) is 0 Å². The second kappa shape index (κ2) is 5.33. The number of hydrogen-bond acceptors (Lipinski definition) is 2. The predicted octanol–water partition coefficient (Wildman–Crippen LogP) is 3.87. The lowest BCUT2D eigenvalue weighted by Crippen LogP contribution is -2.44. The first kappa shape index (κ1) is 13.4. The smallest absolute Gasteiger partial charge is 0.404 e. The Hall–Kier alpha value is -1.99.